The highest BCUT2D eigenvalue weighted by Gasteiger charge is 2.03. The molecule has 0 aliphatic carbocycles. The molecule has 0 fully saturated rings. The summed E-state index contributed by atoms with van der Waals surface area (Å²) in [5.74, 6) is 0.319. The largest absolute Gasteiger partial charge is 0.489 e. The van der Waals surface area contributed by atoms with Crippen molar-refractivity contribution in [2.45, 2.75) is 32.5 Å². The van der Waals surface area contributed by atoms with Gasteiger partial charge in [-0.2, -0.15) is 0 Å². The minimum atomic E-state index is -0.428. The standard InChI is InChI=1S/C17H18ClFO2/c1-12(20)2-3-13-4-7-15(8-5-13)21-11-14-6-9-17(19)16(18)10-14/h4-10,12,20H,2-3,11H2,1H3. The molecule has 0 bridgehead atoms. The molecular formula is C17H18ClFO2. The molecule has 21 heavy (non-hydrogen) atoms. The van der Waals surface area contributed by atoms with Crippen LogP contribution in [-0.4, -0.2) is 11.2 Å². The van der Waals surface area contributed by atoms with Crippen molar-refractivity contribution in [1.82, 2.24) is 0 Å². The van der Waals surface area contributed by atoms with Crippen molar-refractivity contribution < 1.29 is 14.2 Å². The topological polar surface area (TPSA) is 29.5 Å². The molecule has 0 saturated carbocycles. The third-order valence-corrected chi connectivity index (χ3v) is 3.45. The first-order valence-electron chi connectivity index (χ1n) is 6.88. The Morgan fingerprint density at radius 1 is 1.14 bits per heavy atom. The molecule has 0 aromatic heterocycles. The zero-order valence-corrected chi connectivity index (χ0v) is 12.6. The predicted octanol–water partition coefficient (Wildman–Crippen LogP) is 4.37. The summed E-state index contributed by atoms with van der Waals surface area (Å²) in [6, 6.07) is 12.3. The first-order valence-corrected chi connectivity index (χ1v) is 7.26. The molecule has 4 heteroatoms. The summed E-state index contributed by atoms with van der Waals surface area (Å²) in [6.45, 7) is 2.12. The van der Waals surface area contributed by atoms with Gasteiger partial charge in [-0.15, -0.1) is 0 Å². The number of rotatable bonds is 6. The van der Waals surface area contributed by atoms with Crippen LogP contribution in [0.4, 0.5) is 4.39 Å². The first-order chi connectivity index (χ1) is 10.0. The summed E-state index contributed by atoms with van der Waals surface area (Å²) in [4.78, 5) is 0. The Hall–Kier alpha value is -1.58. The molecule has 2 rings (SSSR count). The first kappa shape index (κ1) is 15.8. The van der Waals surface area contributed by atoms with Gasteiger partial charge in [0.05, 0.1) is 11.1 Å². The van der Waals surface area contributed by atoms with Gasteiger partial charge in [-0.25, -0.2) is 4.39 Å². The van der Waals surface area contributed by atoms with Gasteiger partial charge in [-0.05, 0) is 55.2 Å². The van der Waals surface area contributed by atoms with Gasteiger partial charge in [-0.1, -0.05) is 29.8 Å². The summed E-state index contributed by atoms with van der Waals surface area (Å²) in [7, 11) is 0. The van der Waals surface area contributed by atoms with E-state index in [-0.39, 0.29) is 11.1 Å². The minimum Gasteiger partial charge on any atom is -0.489 e. The van der Waals surface area contributed by atoms with Crippen LogP contribution >= 0.6 is 11.6 Å². The second-order valence-corrected chi connectivity index (χ2v) is 5.48. The van der Waals surface area contributed by atoms with Crippen LogP contribution in [0.1, 0.15) is 24.5 Å². The molecule has 0 aliphatic heterocycles. The summed E-state index contributed by atoms with van der Waals surface area (Å²) >= 11 is 5.73. The lowest BCUT2D eigenvalue weighted by atomic mass is 10.1. The monoisotopic (exact) mass is 308 g/mol. The molecule has 2 nitrogen and oxygen atoms in total. The zero-order valence-electron chi connectivity index (χ0n) is 11.9. The average molecular weight is 309 g/mol. The second-order valence-electron chi connectivity index (χ2n) is 5.07. The highest BCUT2D eigenvalue weighted by Crippen LogP contribution is 2.19. The Morgan fingerprint density at radius 2 is 1.81 bits per heavy atom. The fourth-order valence-electron chi connectivity index (χ4n) is 1.92. The lowest BCUT2D eigenvalue weighted by molar-refractivity contribution is 0.185. The number of benzene rings is 2. The third kappa shape index (κ3) is 5.03. The van der Waals surface area contributed by atoms with E-state index in [4.69, 9.17) is 16.3 Å². The molecule has 112 valence electrons. The molecule has 2 aromatic carbocycles. The molecule has 0 aliphatic rings. The van der Waals surface area contributed by atoms with E-state index < -0.39 is 5.82 Å². The van der Waals surface area contributed by atoms with E-state index in [0.717, 1.165) is 29.7 Å². The van der Waals surface area contributed by atoms with Gasteiger partial charge in [-0.3, -0.25) is 0 Å². The van der Waals surface area contributed by atoms with E-state index in [1.165, 1.54) is 6.07 Å². The van der Waals surface area contributed by atoms with Crippen molar-refractivity contribution >= 4 is 11.6 Å². The fourth-order valence-corrected chi connectivity index (χ4v) is 2.13. The van der Waals surface area contributed by atoms with E-state index in [2.05, 4.69) is 0 Å². The van der Waals surface area contributed by atoms with Crippen LogP contribution < -0.4 is 4.74 Å². The van der Waals surface area contributed by atoms with Gasteiger partial charge in [0.15, 0.2) is 0 Å². The lowest BCUT2D eigenvalue weighted by Crippen LogP contribution is -2.01. The smallest absolute Gasteiger partial charge is 0.141 e. The molecule has 1 unspecified atom stereocenters. The molecule has 2 aromatic rings. The zero-order chi connectivity index (χ0) is 15.2. The maximum absolute atomic E-state index is 13.0. The number of aryl methyl sites for hydroxylation is 1. The molecule has 0 heterocycles. The Labute approximate surface area is 129 Å². The van der Waals surface area contributed by atoms with Gasteiger partial charge in [0.25, 0.3) is 0 Å². The van der Waals surface area contributed by atoms with Crippen LogP contribution in [0.25, 0.3) is 0 Å². The highest BCUT2D eigenvalue weighted by atomic mass is 35.5. The third-order valence-electron chi connectivity index (χ3n) is 3.16. The van der Waals surface area contributed by atoms with Crippen LogP contribution in [0.5, 0.6) is 5.75 Å². The number of hydrogen-bond acceptors (Lipinski definition) is 2. The lowest BCUT2D eigenvalue weighted by Gasteiger charge is -2.08. The van der Waals surface area contributed by atoms with Crippen molar-refractivity contribution in [2.75, 3.05) is 0 Å². The molecule has 0 radical (unpaired) electrons. The molecule has 0 saturated heterocycles. The van der Waals surface area contributed by atoms with Crippen LogP contribution in [0, 0.1) is 5.82 Å². The van der Waals surface area contributed by atoms with Crippen molar-refractivity contribution in [2.24, 2.45) is 0 Å². The molecule has 0 amide bonds. The van der Waals surface area contributed by atoms with E-state index >= 15 is 0 Å². The van der Waals surface area contributed by atoms with Crippen molar-refractivity contribution in [3.05, 3.63) is 64.4 Å². The minimum absolute atomic E-state index is 0.101. The summed E-state index contributed by atoms with van der Waals surface area (Å²) in [6.07, 6.45) is 1.30. The summed E-state index contributed by atoms with van der Waals surface area (Å²) in [5.41, 5.74) is 1.98. The SMILES string of the molecule is CC(O)CCc1ccc(OCc2ccc(F)c(Cl)c2)cc1. The Morgan fingerprint density at radius 3 is 2.43 bits per heavy atom. The average Bonchev–Trinajstić information content (AvgIpc) is 2.47. The van der Waals surface area contributed by atoms with E-state index in [9.17, 15) is 9.50 Å². The van der Waals surface area contributed by atoms with E-state index in [0.29, 0.717) is 6.61 Å². The molecular weight excluding hydrogens is 291 g/mol. The van der Waals surface area contributed by atoms with Crippen LogP contribution in [0.3, 0.4) is 0 Å². The predicted molar refractivity (Wildman–Crippen MR) is 82.2 cm³/mol. The summed E-state index contributed by atoms with van der Waals surface area (Å²) < 4.78 is 18.7. The van der Waals surface area contributed by atoms with Gasteiger partial charge >= 0.3 is 0 Å². The number of aliphatic hydroxyl groups is 1. The number of aliphatic hydroxyl groups excluding tert-OH is 1. The van der Waals surface area contributed by atoms with Gasteiger partial charge in [0, 0.05) is 0 Å². The van der Waals surface area contributed by atoms with Crippen LogP contribution in [0.15, 0.2) is 42.5 Å². The number of halogens is 2. The van der Waals surface area contributed by atoms with Gasteiger partial charge in [0.1, 0.15) is 18.2 Å². The van der Waals surface area contributed by atoms with Crippen molar-refractivity contribution in [3.8, 4) is 5.75 Å². The maximum Gasteiger partial charge on any atom is 0.141 e. The number of ether oxygens (including phenoxy) is 1. The van der Waals surface area contributed by atoms with Gasteiger partial charge in [0.2, 0.25) is 0 Å². The molecule has 0 spiro atoms. The number of hydrogen-bond donors (Lipinski definition) is 1. The second kappa shape index (κ2) is 7.43. The fraction of sp³-hybridized carbons (Fsp3) is 0.294. The normalized spacial score (nSPS) is 12.2. The van der Waals surface area contributed by atoms with Crippen LogP contribution in [-0.2, 0) is 13.0 Å². The van der Waals surface area contributed by atoms with E-state index in [1.807, 2.05) is 24.3 Å². The van der Waals surface area contributed by atoms with Crippen LogP contribution in [0.2, 0.25) is 5.02 Å². The molecule has 1 N–H and O–H groups in total. The quantitative estimate of drug-likeness (QED) is 0.858. The maximum atomic E-state index is 13.0. The molecule has 1 atom stereocenters. The Balaban J connectivity index is 1.89. The Kier molecular flexibility index (Phi) is 5.59. The van der Waals surface area contributed by atoms with E-state index in [1.54, 1.807) is 19.1 Å². The van der Waals surface area contributed by atoms with Crippen molar-refractivity contribution in [1.29, 1.82) is 0 Å². The Bertz CT molecular complexity index is 582. The van der Waals surface area contributed by atoms with Crippen molar-refractivity contribution in [3.63, 3.8) is 0 Å². The van der Waals surface area contributed by atoms with Gasteiger partial charge < -0.3 is 9.84 Å². The highest BCUT2D eigenvalue weighted by molar-refractivity contribution is 6.30. The summed E-state index contributed by atoms with van der Waals surface area (Å²) in [5, 5.41) is 9.36.